The highest BCUT2D eigenvalue weighted by Crippen LogP contribution is 2.35. The normalized spacial score (nSPS) is 13.6. The van der Waals surface area contributed by atoms with Crippen molar-refractivity contribution in [2.45, 2.75) is 12.4 Å². The van der Waals surface area contributed by atoms with Crippen molar-refractivity contribution in [1.29, 1.82) is 0 Å². The zero-order chi connectivity index (χ0) is 13.2. The zero-order valence-corrected chi connectivity index (χ0v) is 12.3. The first kappa shape index (κ1) is 12.7. The first-order valence-corrected chi connectivity index (χ1v) is 7.12. The number of ether oxygens (including phenoxy) is 2. The van der Waals surface area contributed by atoms with Gasteiger partial charge in [-0.2, -0.15) is 0 Å². The quantitative estimate of drug-likeness (QED) is 0.803. The number of aromatic nitrogens is 3. The van der Waals surface area contributed by atoms with Gasteiger partial charge in [-0.3, -0.25) is 0 Å². The van der Waals surface area contributed by atoms with Crippen LogP contribution in [0.25, 0.3) is 0 Å². The summed E-state index contributed by atoms with van der Waals surface area (Å²) < 4.78 is 13.8. The largest absolute Gasteiger partial charge is 0.486 e. The summed E-state index contributed by atoms with van der Waals surface area (Å²) in [6, 6.07) is 3.88. The van der Waals surface area contributed by atoms with Crippen LogP contribution in [0.5, 0.6) is 11.5 Å². The smallest absolute Gasteiger partial charge is 0.162 e. The Morgan fingerprint density at radius 2 is 2.00 bits per heavy atom. The standard InChI is InChI=1S/C12H11BrClN3O2/c13-10-4-12-11(18-1-2-19-12)3-8(10)6-17-7-9(5-14)15-16-17/h3-4,7H,1-2,5-6H2. The highest BCUT2D eigenvalue weighted by atomic mass is 79.9. The molecule has 3 rings (SSSR count). The molecule has 1 aliphatic heterocycles. The van der Waals surface area contributed by atoms with Gasteiger partial charge in [0.1, 0.15) is 13.2 Å². The van der Waals surface area contributed by atoms with Gasteiger partial charge >= 0.3 is 0 Å². The third-order valence-corrected chi connectivity index (χ3v) is 3.78. The number of hydrogen-bond donors (Lipinski definition) is 0. The van der Waals surface area contributed by atoms with Crippen molar-refractivity contribution in [2.75, 3.05) is 13.2 Å². The zero-order valence-electron chi connectivity index (χ0n) is 9.97. The Bertz CT molecular complexity index is 603. The van der Waals surface area contributed by atoms with E-state index in [4.69, 9.17) is 21.1 Å². The topological polar surface area (TPSA) is 49.2 Å². The lowest BCUT2D eigenvalue weighted by atomic mass is 10.2. The van der Waals surface area contributed by atoms with Gasteiger partial charge < -0.3 is 9.47 Å². The van der Waals surface area contributed by atoms with Crippen molar-refractivity contribution in [3.63, 3.8) is 0 Å². The van der Waals surface area contributed by atoms with Crippen LogP contribution in [0.15, 0.2) is 22.8 Å². The molecule has 0 N–H and O–H groups in total. The molecular weight excluding hydrogens is 334 g/mol. The number of halogens is 2. The van der Waals surface area contributed by atoms with Crippen LogP contribution in [-0.2, 0) is 12.4 Å². The van der Waals surface area contributed by atoms with E-state index >= 15 is 0 Å². The summed E-state index contributed by atoms with van der Waals surface area (Å²) in [5.41, 5.74) is 1.81. The van der Waals surface area contributed by atoms with E-state index < -0.39 is 0 Å². The van der Waals surface area contributed by atoms with E-state index in [1.54, 1.807) is 4.68 Å². The SMILES string of the molecule is ClCc1cn(Cc2cc3c(cc2Br)OCCO3)nn1. The number of rotatable bonds is 3. The van der Waals surface area contributed by atoms with Crippen LogP contribution in [0, 0.1) is 0 Å². The molecule has 0 unspecified atom stereocenters. The minimum Gasteiger partial charge on any atom is -0.486 e. The first-order chi connectivity index (χ1) is 9.26. The molecule has 0 saturated heterocycles. The molecule has 0 radical (unpaired) electrons. The molecule has 2 heterocycles. The molecule has 100 valence electrons. The van der Waals surface area contributed by atoms with Crippen LogP contribution in [0.2, 0.25) is 0 Å². The van der Waals surface area contributed by atoms with Crippen molar-refractivity contribution >= 4 is 27.5 Å². The number of nitrogens with zero attached hydrogens (tertiary/aromatic N) is 3. The summed E-state index contributed by atoms with van der Waals surface area (Å²) in [4.78, 5) is 0. The summed E-state index contributed by atoms with van der Waals surface area (Å²) in [7, 11) is 0. The van der Waals surface area contributed by atoms with Gasteiger partial charge in [-0.25, -0.2) is 4.68 Å². The van der Waals surface area contributed by atoms with Crippen LogP contribution >= 0.6 is 27.5 Å². The van der Waals surface area contributed by atoms with Crippen molar-refractivity contribution < 1.29 is 9.47 Å². The van der Waals surface area contributed by atoms with Crippen LogP contribution < -0.4 is 9.47 Å². The molecule has 0 bridgehead atoms. The molecular formula is C12H11BrClN3O2. The average Bonchev–Trinajstić information content (AvgIpc) is 2.87. The number of fused-ring (bicyclic) bond motifs is 1. The molecule has 1 aliphatic rings. The third kappa shape index (κ3) is 2.69. The molecule has 2 aromatic rings. The average molecular weight is 345 g/mol. The fourth-order valence-corrected chi connectivity index (χ4v) is 2.45. The molecule has 5 nitrogen and oxygen atoms in total. The van der Waals surface area contributed by atoms with E-state index in [1.165, 1.54) is 0 Å². The minimum absolute atomic E-state index is 0.363. The van der Waals surface area contributed by atoms with Gasteiger partial charge in [-0.05, 0) is 17.7 Å². The number of benzene rings is 1. The maximum Gasteiger partial charge on any atom is 0.162 e. The van der Waals surface area contributed by atoms with Gasteiger partial charge in [0, 0.05) is 4.47 Å². The second-order valence-corrected chi connectivity index (χ2v) is 5.25. The Morgan fingerprint density at radius 1 is 1.26 bits per heavy atom. The second-order valence-electron chi connectivity index (χ2n) is 4.13. The lowest BCUT2D eigenvalue weighted by Crippen LogP contribution is -2.16. The summed E-state index contributed by atoms with van der Waals surface area (Å²) in [5, 5.41) is 7.98. The second kappa shape index (κ2) is 5.38. The van der Waals surface area contributed by atoms with Gasteiger partial charge in [0.05, 0.1) is 24.3 Å². The first-order valence-electron chi connectivity index (χ1n) is 5.79. The van der Waals surface area contributed by atoms with Crippen LogP contribution in [0.3, 0.4) is 0 Å². The van der Waals surface area contributed by atoms with E-state index in [0.29, 0.717) is 25.6 Å². The van der Waals surface area contributed by atoms with E-state index in [9.17, 15) is 0 Å². The van der Waals surface area contributed by atoms with Gasteiger partial charge in [0.2, 0.25) is 0 Å². The predicted octanol–water partition coefficient (Wildman–Crippen LogP) is 2.60. The number of alkyl halides is 1. The summed E-state index contributed by atoms with van der Waals surface area (Å²) in [5.74, 6) is 1.89. The van der Waals surface area contributed by atoms with Gasteiger partial charge in [-0.1, -0.05) is 21.1 Å². The Balaban J connectivity index is 1.87. The molecule has 1 aromatic carbocycles. The number of hydrogen-bond acceptors (Lipinski definition) is 4. The molecule has 0 amide bonds. The molecule has 7 heteroatoms. The van der Waals surface area contributed by atoms with E-state index in [-0.39, 0.29) is 0 Å². The summed E-state index contributed by atoms with van der Waals surface area (Å²) in [6.07, 6.45) is 1.83. The van der Waals surface area contributed by atoms with E-state index in [2.05, 4.69) is 26.2 Å². The Labute approximate surface area is 123 Å². The molecule has 19 heavy (non-hydrogen) atoms. The maximum atomic E-state index is 5.71. The monoisotopic (exact) mass is 343 g/mol. The lowest BCUT2D eigenvalue weighted by Gasteiger charge is -2.19. The van der Waals surface area contributed by atoms with Gasteiger partial charge in [0.25, 0.3) is 0 Å². The molecule has 0 saturated carbocycles. The summed E-state index contributed by atoms with van der Waals surface area (Å²) >= 11 is 9.24. The van der Waals surface area contributed by atoms with E-state index in [1.807, 2.05) is 18.3 Å². The maximum absolute atomic E-state index is 5.71. The lowest BCUT2D eigenvalue weighted by molar-refractivity contribution is 0.171. The third-order valence-electron chi connectivity index (χ3n) is 2.77. The fourth-order valence-electron chi connectivity index (χ4n) is 1.88. The van der Waals surface area contributed by atoms with Crippen molar-refractivity contribution in [3.05, 3.63) is 34.1 Å². The van der Waals surface area contributed by atoms with Gasteiger partial charge in [0.15, 0.2) is 11.5 Å². The fraction of sp³-hybridized carbons (Fsp3) is 0.333. The minimum atomic E-state index is 0.363. The van der Waals surface area contributed by atoms with Gasteiger partial charge in [-0.15, -0.1) is 16.7 Å². The molecule has 0 fully saturated rings. The molecule has 0 spiro atoms. The molecule has 0 aliphatic carbocycles. The Kier molecular flexibility index (Phi) is 3.61. The van der Waals surface area contributed by atoms with Crippen LogP contribution in [0.4, 0.5) is 0 Å². The van der Waals surface area contributed by atoms with E-state index in [0.717, 1.165) is 27.2 Å². The van der Waals surface area contributed by atoms with Crippen molar-refractivity contribution in [1.82, 2.24) is 15.0 Å². The summed E-state index contributed by atoms with van der Waals surface area (Å²) in [6.45, 7) is 1.76. The molecule has 1 aromatic heterocycles. The Hall–Kier alpha value is -1.27. The van der Waals surface area contributed by atoms with Crippen molar-refractivity contribution in [3.8, 4) is 11.5 Å². The Morgan fingerprint density at radius 3 is 2.68 bits per heavy atom. The highest BCUT2D eigenvalue weighted by molar-refractivity contribution is 9.10. The predicted molar refractivity (Wildman–Crippen MR) is 73.8 cm³/mol. The van der Waals surface area contributed by atoms with Crippen LogP contribution in [0.1, 0.15) is 11.3 Å². The molecule has 0 atom stereocenters. The van der Waals surface area contributed by atoms with Crippen molar-refractivity contribution in [2.24, 2.45) is 0 Å². The van der Waals surface area contributed by atoms with Crippen LogP contribution in [-0.4, -0.2) is 28.2 Å². The highest BCUT2D eigenvalue weighted by Gasteiger charge is 2.15.